The van der Waals surface area contributed by atoms with Crippen molar-refractivity contribution in [1.29, 1.82) is 0 Å². The summed E-state index contributed by atoms with van der Waals surface area (Å²) in [4.78, 5) is 23.4. The molecule has 24 heavy (non-hydrogen) atoms. The average Bonchev–Trinajstić information content (AvgIpc) is 3.28. The van der Waals surface area contributed by atoms with Crippen molar-refractivity contribution in [1.82, 2.24) is 4.98 Å². The molecule has 3 aromatic rings. The quantitative estimate of drug-likeness (QED) is 0.680. The summed E-state index contributed by atoms with van der Waals surface area (Å²) in [5.41, 5.74) is 2.08. The number of carbonyl (C=O) groups excluding carboxylic acids is 1. The lowest BCUT2D eigenvalue weighted by Crippen LogP contribution is -1.96. The molecule has 4 nitrogen and oxygen atoms in total. The van der Waals surface area contributed by atoms with Gasteiger partial charge in [-0.25, -0.2) is 4.99 Å². The van der Waals surface area contributed by atoms with Crippen molar-refractivity contribution in [3.63, 3.8) is 0 Å². The van der Waals surface area contributed by atoms with Gasteiger partial charge in [-0.15, -0.1) is 28.6 Å². The summed E-state index contributed by atoms with van der Waals surface area (Å²) in [6.07, 6.45) is 0. The van der Waals surface area contributed by atoms with Crippen LogP contribution in [0.4, 0.5) is 0 Å². The lowest BCUT2D eigenvalue weighted by atomic mass is 10.1. The molecule has 0 fully saturated rings. The lowest BCUT2D eigenvalue weighted by Gasteiger charge is -1.96. The van der Waals surface area contributed by atoms with Gasteiger partial charge in [-0.05, 0) is 38.1 Å². The van der Waals surface area contributed by atoms with Gasteiger partial charge in [0.1, 0.15) is 0 Å². The number of aromatic hydroxyl groups is 1. The third kappa shape index (κ3) is 2.21. The molecule has 4 heterocycles. The Morgan fingerprint density at radius 1 is 1.12 bits per heavy atom. The van der Waals surface area contributed by atoms with Crippen LogP contribution >= 0.6 is 22.7 Å². The molecule has 2 N–H and O–H groups in total. The van der Waals surface area contributed by atoms with Crippen molar-refractivity contribution < 1.29 is 9.90 Å². The second kappa shape index (κ2) is 5.48. The van der Waals surface area contributed by atoms with Crippen LogP contribution in [0.3, 0.4) is 0 Å². The third-order valence-electron chi connectivity index (χ3n) is 3.72. The number of thiophene rings is 2. The number of aliphatic imine (C=N–C) groups is 1. The van der Waals surface area contributed by atoms with E-state index in [4.69, 9.17) is 0 Å². The number of hydrogen-bond acceptors (Lipinski definition) is 4. The molecule has 4 rings (SSSR count). The van der Waals surface area contributed by atoms with Crippen molar-refractivity contribution in [2.45, 2.75) is 13.8 Å². The standard InChI is InChI=1S/C18H12N2O2S2/c1-3-4-10-6-8-12(24-10)16-14-13(17(21)20-16)15(19-18(14)22)11-7-5-9(2)23-11/h5-8,19,22H,1-2H3. The molecule has 0 unspecified atom stereocenters. The number of amides is 1. The number of H-pyrrole nitrogens is 1. The van der Waals surface area contributed by atoms with Crippen LogP contribution in [0, 0.1) is 18.8 Å². The fourth-order valence-electron chi connectivity index (χ4n) is 2.73. The van der Waals surface area contributed by atoms with Gasteiger partial charge in [-0.1, -0.05) is 5.92 Å². The first-order valence-electron chi connectivity index (χ1n) is 7.26. The van der Waals surface area contributed by atoms with Gasteiger partial charge in [0, 0.05) is 4.88 Å². The predicted octanol–water partition coefficient (Wildman–Crippen LogP) is 4.18. The van der Waals surface area contributed by atoms with Gasteiger partial charge in [0.2, 0.25) is 0 Å². The minimum Gasteiger partial charge on any atom is -0.494 e. The number of aryl methyl sites for hydroxylation is 1. The average molecular weight is 352 g/mol. The Bertz CT molecular complexity index is 1070. The zero-order chi connectivity index (χ0) is 16.8. The highest BCUT2D eigenvalue weighted by Gasteiger charge is 2.34. The topological polar surface area (TPSA) is 65.5 Å². The molecular formula is C18H12N2O2S2. The number of carbonyl (C=O) groups is 1. The first-order chi connectivity index (χ1) is 11.6. The number of nitrogens with zero attached hydrogens (tertiary/aromatic N) is 1. The van der Waals surface area contributed by atoms with Gasteiger partial charge < -0.3 is 10.1 Å². The monoisotopic (exact) mass is 352 g/mol. The molecule has 0 bridgehead atoms. The molecule has 1 aliphatic rings. The second-order valence-electron chi connectivity index (χ2n) is 5.31. The van der Waals surface area contributed by atoms with Gasteiger partial charge in [-0.3, -0.25) is 4.79 Å². The highest BCUT2D eigenvalue weighted by atomic mass is 32.1. The van der Waals surface area contributed by atoms with Crippen LogP contribution in [0.1, 0.15) is 37.5 Å². The molecule has 0 atom stereocenters. The number of hydrogen-bond donors (Lipinski definition) is 2. The van der Waals surface area contributed by atoms with E-state index in [0.29, 0.717) is 22.5 Å². The van der Waals surface area contributed by atoms with Crippen LogP contribution < -0.4 is 0 Å². The van der Waals surface area contributed by atoms with Crippen LogP contribution in [-0.4, -0.2) is 21.7 Å². The van der Waals surface area contributed by atoms with Gasteiger partial charge >= 0.3 is 0 Å². The van der Waals surface area contributed by atoms with Gasteiger partial charge in [0.15, 0.2) is 5.88 Å². The van der Waals surface area contributed by atoms with Crippen molar-refractivity contribution >= 4 is 34.3 Å². The molecule has 3 aromatic heterocycles. The van der Waals surface area contributed by atoms with Crippen molar-refractivity contribution in [2.75, 3.05) is 0 Å². The van der Waals surface area contributed by atoms with Crippen LogP contribution in [0.2, 0.25) is 0 Å². The molecule has 0 aromatic carbocycles. The summed E-state index contributed by atoms with van der Waals surface area (Å²) >= 11 is 3.03. The first-order valence-corrected chi connectivity index (χ1v) is 8.90. The molecule has 0 aliphatic carbocycles. The van der Waals surface area contributed by atoms with E-state index in [1.165, 1.54) is 11.3 Å². The van der Waals surface area contributed by atoms with Gasteiger partial charge in [0.25, 0.3) is 5.91 Å². The number of fused-ring (bicyclic) bond motifs is 1. The zero-order valence-electron chi connectivity index (χ0n) is 12.9. The van der Waals surface area contributed by atoms with E-state index in [-0.39, 0.29) is 11.8 Å². The van der Waals surface area contributed by atoms with E-state index in [9.17, 15) is 9.90 Å². The molecular weight excluding hydrogens is 340 g/mol. The first kappa shape index (κ1) is 14.9. The molecule has 6 heteroatoms. The lowest BCUT2D eigenvalue weighted by molar-refractivity contribution is 0.101. The maximum atomic E-state index is 12.5. The maximum absolute atomic E-state index is 12.5. The summed E-state index contributed by atoms with van der Waals surface area (Å²) in [5.74, 6) is 5.50. The summed E-state index contributed by atoms with van der Waals surface area (Å²) in [6.45, 7) is 3.78. The maximum Gasteiger partial charge on any atom is 0.280 e. The highest BCUT2D eigenvalue weighted by Crippen LogP contribution is 2.40. The highest BCUT2D eigenvalue weighted by molar-refractivity contribution is 7.15. The minimum absolute atomic E-state index is 0.0211. The van der Waals surface area contributed by atoms with Crippen LogP contribution in [0.5, 0.6) is 5.88 Å². The molecule has 1 aliphatic heterocycles. The molecule has 0 radical (unpaired) electrons. The van der Waals surface area contributed by atoms with Crippen LogP contribution in [0.15, 0.2) is 29.3 Å². The molecule has 0 saturated carbocycles. The summed E-state index contributed by atoms with van der Waals surface area (Å²) < 4.78 is 0. The van der Waals surface area contributed by atoms with Gasteiger partial charge in [-0.2, -0.15) is 0 Å². The normalized spacial score (nSPS) is 12.8. The van der Waals surface area contributed by atoms with E-state index in [1.54, 1.807) is 18.3 Å². The van der Waals surface area contributed by atoms with E-state index < -0.39 is 0 Å². The van der Waals surface area contributed by atoms with Crippen molar-refractivity contribution in [3.8, 4) is 28.3 Å². The van der Waals surface area contributed by atoms with Crippen molar-refractivity contribution in [3.05, 3.63) is 50.0 Å². The fraction of sp³-hybridized carbons (Fsp3) is 0.111. The second-order valence-corrected chi connectivity index (χ2v) is 7.69. The number of aromatic nitrogens is 1. The largest absolute Gasteiger partial charge is 0.494 e. The molecule has 0 saturated heterocycles. The Hall–Kier alpha value is -2.62. The fourth-order valence-corrected chi connectivity index (χ4v) is 4.51. The Balaban J connectivity index is 1.85. The zero-order valence-corrected chi connectivity index (χ0v) is 14.6. The number of rotatable bonds is 2. The predicted molar refractivity (Wildman–Crippen MR) is 97.3 cm³/mol. The summed E-state index contributed by atoms with van der Waals surface area (Å²) in [6, 6.07) is 7.71. The molecule has 0 spiro atoms. The van der Waals surface area contributed by atoms with E-state index >= 15 is 0 Å². The SMILES string of the molecule is CC#Cc1ccc(C2=NC(=O)c3c(-c4ccc(C)s4)[nH]c(O)c32)s1. The van der Waals surface area contributed by atoms with Crippen LogP contribution in [-0.2, 0) is 0 Å². The number of aromatic amines is 1. The minimum atomic E-state index is -0.325. The third-order valence-corrected chi connectivity index (χ3v) is 5.74. The Morgan fingerprint density at radius 3 is 2.62 bits per heavy atom. The molecule has 118 valence electrons. The van der Waals surface area contributed by atoms with E-state index in [2.05, 4.69) is 21.8 Å². The van der Waals surface area contributed by atoms with Gasteiger partial charge in [0.05, 0.1) is 37.2 Å². The summed E-state index contributed by atoms with van der Waals surface area (Å²) in [7, 11) is 0. The van der Waals surface area contributed by atoms with Crippen LogP contribution in [0.25, 0.3) is 10.6 Å². The smallest absolute Gasteiger partial charge is 0.280 e. The Kier molecular flexibility index (Phi) is 3.41. The molecule has 1 amide bonds. The van der Waals surface area contributed by atoms with Crippen molar-refractivity contribution in [2.24, 2.45) is 4.99 Å². The van der Waals surface area contributed by atoms with E-state index in [1.807, 2.05) is 31.2 Å². The Morgan fingerprint density at radius 2 is 1.92 bits per heavy atom. The number of nitrogens with one attached hydrogen (secondary N) is 1. The summed E-state index contributed by atoms with van der Waals surface area (Å²) in [5, 5.41) is 10.4. The van der Waals surface area contributed by atoms with E-state index in [0.717, 1.165) is 19.5 Å². The Labute approximate surface area is 146 Å².